The van der Waals surface area contributed by atoms with Gasteiger partial charge in [0.15, 0.2) is 0 Å². The maximum absolute atomic E-state index is 14.0. The molecule has 0 radical (unpaired) electrons. The van der Waals surface area contributed by atoms with Gasteiger partial charge in [0.1, 0.15) is 11.4 Å². The predicted octanol–water partition coefficient (Wildman–Crippen LogP) is 4.67. The molecule has 150 valence electrons. The molecule has 1 amide bonds. The lowest BCUT2D eigenvalue weighted by atomic mass is 10.0. The molecular formula is C24H24FNO3. The quantitative estimate of drug-likeness (QED) is 0.572. The first kappa shape index (κ1) is 19.4. The van der Waals surface area contributed by atoms with Crippen LogP contribution >= 0.6 is 0 Å². The van der Waals surface area contributed by atoms with Crippen LogP contribution in [-0.4, -0.2) is 16.8 Å². The van der Waals surface area contributed by atoms with Crippen LogP contribution in [0.4, 0.5) is 4.39 Å². The zero-order chi connectivity index (χ0) is 20.5. The maximum Gasteiger partial charge on any atom is 0.339 e. The Kier molecular flexibility index (Phi) is 5.22. The first-order chi connectivity index (χ1) is 13.9. The van der Waals surface area contributed by atoms with Gasteiger partial charge in [0.05, 0.1) is 0 Å². The second-order valence-corrected chi connectivity index (χ2v) is 7.84. The van der Waals surface area contributed by atoms with E-state index in [1.165, 1.54) is 6.07 Å². The van der Waals surface area contributed by atoms with Crippen molar-refractivity contribution in [1.29, 1.82) is 0 Å². The van der Waals surface area contributed by atoms with Crippen molar-refractivity contribution in [2.24, 2.45) is 0 Å². The minimum Gasteiger partial charge on any atom is -0.423 e. The number of benzene rings is 2. The van der Waals surface area contributed by atoms with Crippen molar-refractivity contribution in [1.82, 2.24) is 4.90 Å². The van der Waals surface area contributed by atoms with Crippen LogP contribution in [0.15, 0.2) is 51.7 Å². The molecule has 1 aliphatic rings. The minimum atomic E-state index is -0.388. The third-order valence-corrected chi connectivity index (χ3v) is 5.64. The van der Waals surface area contributed by atoms with Crippen LogP contribution in [0.3, 0.4) is 0 Å². The molecule has 0 aliphatic heterocycles. The van der Waals surface area contributed by atoms with Crippen molar-refractivity contribution in [2.45, 2.75) is 52.1 Å². The molecule has 29 heavy (non-hydrogen) atoms. The van der Waals surface area contributed by atoms with Gasteiger partial charge in [0.25, 0.3) is 0 Å². The lowest BCUT2D eigenvalue weighted by Gasteiger charge is -2.23. The number of fused-ring (bicyclic) bond motifs is 1. The molecule has 1 heterocycles. The number of hydrogen-bond acceptors (Lipinski definition) is 3. The number of aryl methyl sites for hydroxylation is 2. The Hall–Kier alpha value is -2.95. The fourth-order valence-corrected chi connectivity index (χ4v) is 3.78. The largest absolute Gasteiger partial charge is 0.423 e. The van der Waals surface area contributed by atoms with Crippen LogP contribution in [0, 0.1) is 19.7 Å². The minimum absolute atomic E-state index is 0.0569. The van der Waals surface area contributed by atoms with E-state index in [0.717, 1.165) is 29.4 Å². The summed E-state index contributed by atoms with van der Waals surface area (Å²) < 4.78 is 19.5. The number of carbonyl (C=O) groups excluding carboxylic acids is 1. The van der Waals surface area contributed by atoms with Gasteiger partial charge >= 0.3 is 5.63 Å². The molecule has 0 saturated heterocycles. The molecule has 4 nitrogen and oxygen atoms in total. The lowest BCUT2D eigenvalue weighted by molar-refractivity contribution is -0.132. The van der Waals surface area contributed by atoms with Crippen LogP contribution < -0.4 is 5.63 Å². The molecule has 1 fully saturated rings. The topological polar surface area (TPSA) is 50.5 Å². The van der Waals surface area contributed by atoms with E-state index in [1.54, 1.807) is 23.1 Å². The Labute approximate surface area is 169 Å². The van der Waals surface area contributed by atoms with E-state index < -0.39 is 0 Å². The highest BCUT2D eigenvalue weighted by molar-refractivity contribution is 5.82. The van der Waals surface area contributed by atoms with Crippen LogP contribution in [0.25, 0.3) is 11.0 Å². The third-order valence-electron chi connectivity index (χ3n) is 5.64. The summed E-state index contributed by atoms with van der Waals surface area (Å²) in [6, 6.07) is 12.5. The van der Waals surface area contributed by atoms with Gasteiger partial charge in [-0.3, -0.25) is 4.79 Å². The Bertz CT molecular complexity index is 1130. The highest BCUT2D eigenvalue weighted by Gasteiger charge is 2.32. The van der Waals surface area contributed by atoms with Gasteiger partial charge in [-0.25, -0.2) is 9.18 Å². The molecule has 0 spiro atoms. The molecule has 0 N–H and O–H groups in total. The van der Waals surface area contributed by atoms with Crippen LogP contribution in [-0.2, 0) is 17.8 Å². The van der Waals surface area contributed by atoms with E-state index in [0.29, 0.717) is 23.1 Å². The standard InChI is InChI=1S/C24H24FNO3/c1-15-7-10-19-16(2)20(24(28)29-22(19)13-15)11-12-23(27)26(18-8-9-18)14-17-5-3-4-6-21(17)25/h3-7,10,13,18H,8-9,11-12,14H2,1-2H3. The van der Waals surface area contributed by atoms with Crippen LogP contribution in [0.2, 0.25) is 0 Å². The van der Waals surface area contributed by atoms with Crippen LogP contribution in [0.1, 0.15) is 41.5 Å². The number of rotatable bonds is 6. The summed E-state index contributed by atoms with van der Waals surface area (Å²) in [7, 11) is 0. The molecule has 1 saturated carbocycles. The second kappa shape index (κ2) is 7.82. The lowest BCUT2D eigenvalue weighted by Crippen LogP contribution is -2.33. The Balaban J connectivity index is 1.53. The molecule has 1 aliphatic carbocycles. The van der Waals surface area contributed by atoms with Gasteiger partial charge in [-0.2, -0.15) is 0 Å². The summed E-state index contributed by atoms with van der Waals surface area (Å²) in [5.74, 6) is -0.356. The molecule has 1 aromatic heterocycles. The van der Waals surface area contributed by atoms with Gasteiger partial charge in [-0.1, -0.05) is 30.3 Å². The zero-order valence-electron chi connectivity index (χ0n) is 16.7. The highest BCUT2D eigenvalue weighted by Crippen LogP contribution is 2.30. The van der Waals surface area contributed by atoms with E-state index in [2.05, 4.69) is 0 Å². The number of amides is 1. The second-order valence-electron chi connectivity index (χ2n) is 7.84. The maximum atomic E-state index is 14.0. The molecule has 4 rings (SSSR count). The summed E-state index contributed by atoms with van der Waals surface area (Å²) in [4.78, 5) is 27.2. The van der Waals surface area contributed by atoms with E-state index in [4.69, 9.17) is 4.42 Å². The van der Waals surface area contributed by atoms with Crippen molar-refractivity contribution < 1.29 is 13.6 Å². The Morgan fingerprint density at radius 3 is 2.66 bits per heavy atom. The summed E-state index contributed by atoms with van der Waals surface area (Å²) in [6.45, 7) is 4.11. The van der Waals surface area contributed by atoms with E-state index >= 15 is 0 Å². The number of halogens is 1. The average molecular weight is 393 g/mol. The summed E-state index contributed by atoms with van der Waals surface area (Å²) in [6.07, 6.45) is 2.40. The summed E-state index contributed by atoms with van der Waals surface area (Å²) in [5, 5.41) is 0.892. The van der Waals surface area contributed by atoms with Crippen molar-refractivity contribution in [3.8, 4) is 0 Å². The fraction of sp³-hybridized carbons (Fsp3) is 0.333. The third kappa shape index (κ3) is 4.09. The fourth-order valence-electron chi connectivity index (χ4n) is 3.78. The van der Waals surface area contributed by atoms with E-state index in [-0.39, 0.29) is 36.4 Å². The molecule has 0 atom stereocenters. The first-order valence-electron chi connectivity index (χ1n) is 10.00. The smallest absolute Gasteiger partial charge is 0.339 e. The van der Waals surface area contributed by atoms with Gasteiger partial charge < -0.3 is 9.32 Å². The summed E-state index contributed by atoms with van der Waals surface area (Å²) in [5.41, 5.74) is 3.12. The molecule has 2 aromatic carbocycles. The number of hydrogen-bond donors (Lipinski definition) is 0. The zero-order valence-corrected chi connectivity index (χ0v) is 16.7. The Morgan fingerprint density at radius 1 is 1.17 bits per heavy atom. The van der Waals surface area contributed by atoms with E-state index in [1.807, 2.05) is 32.0 Å². The van der Waals surface area contributed by atoms with Gasteiger partial charge in [-0.05, 0) is 56.4 Å². The molecule has 0 unspecified atom stereocenters. The normalized spacial score (nSPS) is 13.6. The summed E-state index contributed by atoms with van der Waals surface area (Å²) >= 11 is 0. The van der Waals surface area contributed by atoms with Gasteiger partial charge in [0.2, 0.25) is 5.91 Å². The highest BCUT2D eigenvalue weighted by atomic mass is 19.1. The molecule has 0 bridgehead atoms. The predicted molar refractivity (Wildman–Crippen MR) is 110 cm³/mol. The van der Waals surface area contributed by atoms with Crippen molar-refractivity contribution in [3.05, 3.63) is 81.0 Å². The van der Waals surface area contributed by atoms with E-state index in [9.17, 15) is 14.0 Å². The number of nitrogens with zero attached hydrogens (tertiary/aromatic N) is 1. The molecular weight excluding hydrogens is 369 g/mol. The molecule has 5 heteroatoms. The SMILES string of the molecule is Cc1ccc2c(C)c(CCC(=O)N(Cc3ccccc3F)C3CC3)c(=O)oc2c1. The van der Waals surface area contributed by atoms with Crippen LogP contribution in [0.5, 0.6) is 0 Å². The average Bonchev–Trinajstić information content (AvgIpc) is 3.51. The Morgan fingerprint density at radius 2 is 1.93 bits per heavy atom. The van der Waals surface area contributed by atoms with Crippen molar-refractivity contribution in [3.63, 3.8) is 0 Å². The number of carbonyl (C=O) groups is 1. The van der Waals surface area contributed by atoms with Gasteiger partial charge in [-0.15, -0.1) is 0 Å². The van der Waals surface area contributed by atoms with Crippen molar-refractivity contribution in [2.75, 3.05) is 0 Å². The molecule has 3 aromatic rings. The van der Waals surface area contributed by atoms with Crippen molar-refractivity contribution >= 4 is 16.9 Å². The monoisotopic (exact) mass is 393 g/mol. The van der Waals surface area contributed by atoms with Gasteiger partial charge in [0, 0.05) is 35.5 Å². The first-order valence-corrected chi connectivity index (χ1v) is 10.00.